The normalized spacial score (nSPS) is 23.4. The van der Waals surface area contributed by atoms with Crippen molar-refractivity contribution in [3.8, 4) is 0 Å². The van der Waals surface area contributed by atoms with Gasteiger partial charge in [0.15, 0.2) is 0 Å². The molecular weight excluding hydrogens is 242 g/mol. The van der Waals surface area contributed by atoms with E-state index in [1.165, 1.54) is 0 Å². The molecule has 4 heteroatoms. The summed E-state index contributed by atoms with van der Waals surface area (Å²) < 4.78 is 5.37. The number of carbonyl (C=O) groups excluding carboxylic acids is 1. The first-order chi connectivity index (χ1) is 8.97. The van der Waals surface area contributed by atoms with E-state index in [1.807, 2.05) is 0 Å². The van der Waals surface area contributed by atoms with Gasteiger partial charge in [0.25, 0.3) is 0 Å². The van der Waals surface area contributed by atoms with Gasteiger partial charge in [0.05, 0.1) is 12.5 Å². The number of rotatable bonds is 6. The molecule has 1 heterocycles. The van der Waals surface area contributed by atoms with Crippen molar-refractivity contribution in [3.63, 3.8) is 0 Å². The molecule has 1 fully saturated rings. The van der Waals surface area contributed by atoms with Gasteiger partial charge in [-0.1, -0.05) is 27.7 Å². The molecule has 0 radical (unpaired) electrons. The van der Waals surface area contributed by atoms with Gasteiger partial charge in [-0.2, -0.15) is 0 Å². The Balaban J connectivity index is 2.64. The van der Waals surface area contributed by atoms with Gasteiger partial charge in [0, 0.05) is 25.2 Å². The first-order valence-electron chi connectivity index (χ1n) is 7.46. The van der Waals surface area contributed by atoms with Gasteiger partial charge in [-0.25, -0.2) is 0 Å². The fourth-order valence-electron chi connectivity index (χ4n) is 2.74. The van der Waals surface area contributed by atoms with Gasteiger partial charge in [-0.15, -0.1) is 0 Å². The van der Waals surface area contributed by atoms with E-state index in [0.717, 1.165) is 19.4 Å². The second-order valence-corrected chi connectivity index (χ2v) is 6.28. The summed E-state index contributed by atoms with van der Waals surface area (Å²) in [5.74, 6) is 0.820. The standard InChI is InChI=1S/C15H29NO3/c1-10(2)13(8-17)14(11(3)4)16-15(18)12-6-5-7-19-9-12/h10-14,17H,5-9H2,1-4H3,(H,16,18)/t12-,13+,14+/m1/s1. The van der Waals surface area contributed by atoms with Crippen LogP contribution in [-0.2, 0) is 9.53 Å². The van der Waals surface area contributed by atoms with Crippen LogP contribution >= 0.6 is 0 Å². The molecule has 1 saturated heterocycles. The van der Waals surface area contributed by atoms with Crippen LogP contribution in [0.4, 0.5) is 0 Å². The van der Waals surface area contributed by atoms with Gasteiger partial charge in [0.2, 0.25) is 5.91 Å². The molecule has 112 valence electrons. The first kappa shape index (κ1) is 16.4. The lowest BCUT2D eigenvalue weighted by Crippen LogP contribution is -2.49. The lowest BCUT2D eigenvalue weighted by Gasteiger charge is -2.34. The summed E-state index contributed by atoms with van der Waals surface area (Å²) in [6.45, 7) is 9.77. The second-order valence-electron chi connectivity index (χ2n) is 6.28. The molecule has 0 aromatic heterocycles. The van der Waals surface area contributed by atoms with E-state index in [-0.39, 0.29) is 30.4 Å². The van der Waals surface area contributed by atoms with Crippen LogP contribution in [0, 0.1) is 23.7 Å². The predicted octanol–water partition coefficient (Wildman–Crippen LogP) is 1.82. The number of ether oxygens (including phenoxy) is 1. The summed E-state index contributed by atoms with van der Waals surface area (Å²) in [5.41, 5.74) is 0. The van der Waals surface area contributed by atoms with Gasteiger partial charge in [-0.05, 0) is 24.7 Å². The molecule has 0 aliphatic carbocycles. The zero-order valence-corrected chi connectivity index (χ0v) is 12.7. The summed E-state index contributed by atoms with van der Waals surface area (Å²) in [7, 11) is 0. The smallest absolute Gasteiger partial charge is 0.225 e. The molecule has 1 amide bonds. The van der Waals surface area contributed by atoms with Crippen molar-refractivity contribution in [2.24, 2.45) is 23.7 Å². The average molecular weight is 271 g/mol. The van der Waals surface area contributed by atoms with Gasteiger partial charge < -0.3 is 15.2 Å². The number of nitrogens with one attached hydrogen (secondary N) is 1. The summed E-state index contributed by atoms with van der Waals surface area (Å²) >= 11 is 0. The van der Waals surface area contributed by atoms with Crippen LogP contribution in [0.1, 0.15) is 40.5 Å². The average Bonchev–Trinajstić information content (AvgIpc) is 2.38. The first-order valence-corrected chi connectivity index (χ1v) is 7.46. The molecule has 3 atom stereocenters. The molecule has 0 aromatic rings. The minimum absolute atomic E-state index is 0.0264. The minimum atomic E-state index is -0.0264. The molecule has 0 spiro atoms. The Hall–Kier alpha value is -0.610. The third-order valence-electron chi connectivity index (χ3n) is 4.09. The largest absolute Gasteiger partial charge is 0.396 e. The Kier molecular flexibility index (Phi) is 6.80. The van der Waals surface area contributed by atoms with Crippen molar-refractivity contribution in [1.29, 1.82) is 0 Å². The predicted molar refractivity (Wildman–Crippen MR) is 75.7 cm³/mol. The van der Waals surface area contributed by atoms with Crippen LogP contribution in [-0.4, -0.2) is 36.9 Å². The van der Waals surface area contributed by atoms with Crippen molar-refractivity contribution < 1.29 is 14.6 Å². The maximum absolute atomic E-state index is 12.3. The molecule has 1 aliphatic heterocycles. The Labute approximate surface area is 116 Å². The minimum Gasteiger partial charge on any atom is -0.396 e. The quantitative estimate of drug-likeness (QED) is 0.774. The number of carbonyl (C=O) groups is 1. The molecular formula is C15H29NO3. The lowest BCUT2D eigenvalue weighted by molar-refractivity contribution is -0.130. The Morgan fingerprint density at radius 2 is 2.00 bits per heavy atom. The van der Waals surface area contributed by atoms with Crippen LogP contribution in [0.3, 0.4) is 0 Å². The van der Waals surface area contributed by atoms with E-state index < -0.39 is 0 Å². The molecule has 0 bridgehead atoms. The van der Waals surface area contributed by atoms with Crippen molar-refractivity contribution in [1.82, 2.24) is 5.32 Å². The van der Waals surface area contributed by atoms with Crippen molar-refractivity contribution in [2.45, 2.75) is 46.6 Å². The van der Waals surface area contributed by atoms with E-state index in [2.05, 4.69) is 33.0 Å². The van der Waals surface area contributed by atoms with E-state index in [0.29, 0.717) is 18.4 Å². The van der Waals surface area contributed by atoms with Gasteiger partial charge in [0.1, 0.15) is 0 Å². The third-order valence-corrected chi connectivity index (χ3v) is 4.09. The van der Waals surface area contributed by atoms with Crippen LogP contribution in [0.15, 0.2) is 0 Å². The fraction of sp³-hybridized carbons (Fsp3) is 0.933. The topological polar surface area (TPSA) is 58.6 Å². The van der Waals surface area contributed by atoms with Crippen LogP contribution in [0.5, 0.6) is 0 Å². The maximum Gasteiger partial charge on any atom is 0.225 e. The Bertz CT molecular complexity index is 273. The zero-order chi connectivity index (χ0) is 14.4. The van der Waals surface area contributed by atoms with E-state index in [1.54, 1.807) is 0 Å². The summed E-state index contributed by atoms with van der Waals surface area (Å²) in [4.78, 5) is 12.3. The van der Waals surface area contributed by atoms with E-state index in [4.69, 9.17) is 4.74 Å². The van der Waals surface area contributed by atoms with Crippen molar-refractivity contribution >= 4 is 5.91 Å². The van der Waals surface area contributed by atoms with E-state index in [9.17, 15) is 9.90 Å². The van der Waals surface area contributed by atoms with Crippen LogP contribution in [0.25, 0.3) is 0 Å². The third kappa shape index (κ3) is 4.77. The highest BCUT2D eigenvalue weighted by Crippen LogP contribution is 2.22. The maximum atomic E-state index is 12.3. The summed E-state index contributed by atoms with van der Waals surface area (Å²) in [6, 6.07) is 0.0272. The molecule has 2 N–H and O–H groups in total. The molecule has 0 aromatic carbocycles. The molecule has 0 unspecified atom stereocenters. The number of aliphatic hydroxyl groups is 1. The highest BCUT2D eigenvalue weighted by atomic mass is 16.5. The lowest BCUT2D eigenvalue weighted by atomic mass is 9.82. The molecule has 1 aliphatic rings. The number of hydrogen-bond acceptors (Lipinski definition) is 3. The van der Waals surface area contributed by atoms with Crippen LogP contribution < -0.4 is 5.32 Å². The summed E-state index contributed by atoms with van der Waals surface area (Å²) in [6.07, 6.45) is 1.86. The van der Waals surface area contributed by atoms with Gasteiger partial charge >= 0.3 is 0 Å². The molecule has 0 saturated carbocycles. The number of amides is 1. The fourth-order valence-corrected chi connectivity index (χ4v) is 2.74. The van der Waals surface area contributed by atoms with E-state index >= 15 is 0 Å². The Morgan fingerprint density at radius 3 is 2.42 bits per heavy atom. The molecule has 4 nitrogen and oxygen atoms in total. The zero-order valence-electron chi connectivity index (χ0n) is 12.7. The monoisotopic (exact) mass is 271 g/mol. The number of aliphatic hydroxyl groups excluding tert-OH is 1. The van der Waals surface area contributed by atoms with Crippen molar-refractivity contribution in [3.05, 3.63) is 0 Å². The Morgan fingerprint density at radius 1 is 1.32 bits per heavy atom. The second kappa shape index (κ2) is 7.85. The number of hydrogen-bond donors (Lipinski definition) is 2. The SMILES string of the molecule is CC(C)[C@H](CO)[C@@H](NC(=O)[C@@H]1CCCOC1)C(C)C. The van der Waals surface area contributed by atoms with Gasteiger partial charge in [-0.3, -0.25) is 4.79 Å². The van der Waals surface area contributed by atoms with Crippen molar-refractivity contribution in [2.75, 3.05) is 19.8 Å². The molecule has 1 rings (SSSR count). The highest BCUT2D eigenvalue weighted by Gasteiger charge is 2.31. The summed E-state index contributed by atoms with van der Waals surface area (Å²) in [5, 5.41) is 12.7. The molecule has 19 heavy (non-hydrogen) atoms. The van der Waals surface area contributed by atoms with Crippen LogP contribution in [0.2, 0.25) is 0 Å². The highest BCUT2D eigenvalue weighted by molar-refractivity contribution is 5.79.